The monoisotopic (exact) mass is 586 g/mol. The van der Waals surface area contributed by atoms with Gasteiger partial charge in [0.1, 0.15) is 17.2 Å². The van der Waals surface area contributed by atoms with Crippen LogP contribution in [0.4, 0.5) is 0 Å². The maximum atomic E-state index is 9.55. The predicted octanol–water partition coefficient (Wildman–Crippen LogP) is 5.44. The predicted molar refractivity (Wildman–Crippen MR) is 166 cm³/mol. The zero-order chi connectivity index (χ0) is 30.8. The first-order valence-corrected chi connectivity index (χ1v) is 14.2. The van der Waals surface area contributed by atoms with Crippen molar-refractivity contribution in [1.29, 1.82) is 0 Å². The average molecular weight is 587 g/mol. The summed E-state index contributed by atoms with van der Waals surface area (Å²) >= 11 is 0. The zero-order valence-corrected chi connectivity index (χ0v) is 24.7. The Balaban J connectivity index is 0.000000467. The summed E-state index contributed by atoms with van der Waals surface area (Å²) < 4.78 is 13.4. The topological polar surface area (TPSA) is 130 Å². The van der Waals surface area contributed by atoms with E-state index in [1.54, 1.807) is 7.11 Å². The Morgan fingerprint density at radius 3 is 2.56 bits per heavy atom. The molecule has 43 heavy (non-hydrogen) atoms. The van der Waals surface area contributed by atoms with Crippen molar-refractivity contribution in [2.24, 2.45) is 5.92 Å². The second-order valence-electron chi connectivity index (χ2n) is 10.6. The molecule has 0 unspecified atom stereocenters. The van der Waals surface area contributed by atoms with Crippen LogP contribution in [0.2, 0.25) is 0 Å². The summed E-state index contributed by atoms with van der Waals surface area (Å²) in [5, 5.41) is 21.5. The molecule has 0 atom stereocenters. The third kappa shape index (κ3) is 8.83. The SMILES string of the molecule is COc1ccc2[nH]cc(C3=CCN(CCc4cnn(-c5ccccc5OCC(C)C)c4)CC3)c2c1.O=C(O)/C=C\C(=O)O. The highest BCUT2D eigenvalue weighted by atomic mass is 16.5. The molecule has 3 heterocycles. The minimum atomic E-state index is -1.26. The number of para-hydroxylation sites is 2. The fourth-order valence-corrected chi connectivity index (χ4v) is 4.73. The van der Waals surface area contributed by atoms with Gasteiger partial charge in [-0.3, -0.25) is 4.90 Å². The van der Waals surface area contributed by atoms with Crippen molar-refractivity contribution in [3.8, 4) is 17.2 Å². The Kier molecular flexibility index (Phi) is 10.8. The molecule has 226 valence electrons. The number of hydrogen-bond donors (Lipinski definition) is 3. The van der Waals surface area contributed by atoms with Crippen molar-refractivity contribution in [2.75, 3.05) is 33.4 Å². The van der Waals surface area contributed by atoms with Gasteiger partial charge in [-0.05, 0) is 60.2 Å². The number of nitrogens with zero attached hydrogens (tertiary/aromatic N) is 3. The summed E-state index contributed by atoms with van der Waals surface area (Å²) in [5.74, 6) is -0.264. The van der Waals surface area contributed by atoms with Crippen molar-refractivity contribution in [3.05, 3.63) is 90.4 Å². The Labute approximate surface area is 250 Å². The van der Waals surface area contributed by atoms with Gasteiger partial charge in [0, 0.05) is 60.6 Å². The van der Waals surface area contributed by atoms with Gasteiger partial charge >= 0.3 is 11.9 Å². The molecule has 2 aromatic carbocycles. The van der Waals surface area contributed by atoms with Crippen LogP contribution >= 0.6 is 0 Å². The molecule has 0 radical (unpaired) electrons. The Hall–Kier alpha value is -4.83. The lowest BCUT2D eigenvalue weighted by atomic mass is 9.98. The molecule has 0 saturated carbocycles. The third-order valence-corrected chi connectivity index (χ3v) is 6.93. The van der Waals surface area contributed by atoms with Crippen LogP contribution < -0.4 is 9.47 Å². The molecule has 0 fully saturated rings. The van der Waals surface area contributed by atoms with Crippen molar-refractivity contribution >= 4 is 28.4 Å². The lowest BCUT2D eigenvalue weighted by Gasteiger charge is -2.26. The highest BCUT2D eigenvalue weighted by Crippen LogP contribution is 2.31. The number of fused-ring (bicyclic) bond motifs is 1. The van der Waals surface area contributed by atoms with Crippen LogP contribution in [0.1, 0.15) is 31.4 Å². The molecule has 5 rings (SSSR count). The molecule has 4 aromatic rings. The van der Waals surface area contributed by atoms with E-state index in [1.807, 2.05) is 35.1 Å². The summed E-state index contributed by atoms with van der Waals surface area (Å²) in [7, 11) is 1.72. The number of aliphatic carboxylic acids is 2. The third-order valence-electron chi connectivity index (χ3n) is 6.93. The molecular weight excluding hydrogens is 548 g/mol. The lowest BCUT2D eigenvalue weighted by molar-refractivity contribution is -0.134. The van der Waals surface area contributed by atoms with E-state index < -0.39 is 11.9 Å². The molecular formula is C33H38N4O6. The van der Waals surface area contributed by atoms with Crippen molar-refractivity contribution in [3.63, 3.8) is 0 Å². The first-order chi connectivity index (χ1) is 20.7. The highest BCUT2D eigenvalue weighted by molar-refractivity contribution is 5.93. The zero-order valence-electron chi connectivity index (χ0n) is 24.7. The number of aromatic amines is 1. The highest BCUT2D eigenvalue weighted by Gasteiger charge is 2.16. The summed E-state index contributed by atoms with van der Waals surface area (Å²) in [6.07, 6.45) is 11.7. The number of carbonyl (C=O) groups is 2. The number of ether oxygens (including phenoxy) is 2. The molecule has 2 aromatic heterocycles. The number of rotatable bonds is 11. The quantitative estimate of drug-likeness (QED) is 0.198. The molecule has 0 spiro atoms. The van der Waals surface area contributed by atoms with E-state index in [9.17, 15) is 9.59 Å². The van der Waals surface area contributed by atoms with Gasteiger partial charge in [-0.25, -0.2) is 14.3 Å². The van der Waals surface area contributed by atoms with Gasteiger partial charge in [-0.1, -0.05) is 32.1 Å². The molecule has 0 saturated heterocycles. The summed E-state index contributed by atoms with van der Waals surface area (Å²) in [5.41, 5.74) is 6.07. The van der Waals surface area contributed by atoms with Gasteiger partial charge < -0.3 is 24.7 Å². The number of H-pyrrole nitrogens is 1. The van der Waals surface area contributed by atoms with Crippen molar-refractivity contribution < 1.29 is 29.3 Å². The average Bonchev–Trinajstić information content (AvgIpc) is 3.66. The Morgan fingerprint density at radius 1 is 1.12 bits per heavy atom. The number of carboxylic acids is 2. The van der Waals surface area contributed by atoms with Crippen LogP contribution in [0.3, 0.4) is 0 Å². The van der Waals surface area contributed by atoms with Gasteiger partial charge in [0.2, 0.25) is 0 Å². The number of carboxylic acid groups (broad SMARTS) is 2. The number of methoxy groups -OCH3 is 1. The van der Waals surface area contributed by atoms with Crippen LogP contribution in [0.5, 0.6) is 11.5 Å². The van der Waals surface area contributed by atoms with Gasteiger partial charge in [-0.15, -0.1) is 0 Å². The maximum absolute atomic E-state index is 9.55. The lowest BCUT2D eigenvalue weighted by Crippen LogP contribution is -2.30. The Bertz CT molecular complexity index is 1580. The van der Waals surface area contributed by atoms with E-state index >= 15 is 0 Å². The molecule has 1 aliphatic heterocycles. The van der Waals surface area contributed by atoms with E-state index in [0.717, 1.165) is 55.2 Å². The molecule has 3 N–H and O–H groups in total. The van der Waals surface area contributed by atoms with Gasteiger partial charge in [-0.2, -0.15) is 5.10 Å². The molecule has 1 aliphatic rings. The van der Waals surface area contributed by atoms with Crippen LogP contribution in [0, 0.1) is 5.92 Å². The smallest absolute Gasteiger partial charge is 0.328 e. The second kappa shape index (κ2) is 14.9. The van der Waals surface area contributed by atoms with Crippen LogP contribution in [-0.4, -0.2) is 75.2 Å². The first kappa shape index (κ1) is 31.1. The number of benzene rings is 2. The van der Waals surface area contributed by atoms with Crippen molar-refractivity contribution in [2.45, 2.75) is 26.7 Å². The number of hydrogen-bond acceptors (Lipinski definition) is 6. The van der Waals surface area contributed by atoms with Crippen molar-refractivity contribution in [1.82, 2.24) is 19.7 Å². The fraction of sp³-hybridized carbons (Fsp3) is 0.303. The standard InChI is InChI=1S/C29H34N4O2.C4H4O4/c1-21(2)20-35-29-7-5-4-6-28(29)33-19-22(17-31-33)10-13-32-14-11-23(12-15-32)26-18-30-27-9-8-24(34-3)16-25(26)27;5-3(6)1-2-4(7)8/h4-9,11,16-19,21,30H,10,12-15,20H2,1-3H3;1-2H,(H,5,6)(H,7,8)/b;2-1-. The largest absolute Gasteiger partial charge is 0.497 e. The van der Waals surface area contributed by atoms with Gasteiger partial charge in [0.15, 0.2) is 0 Å². The second-order valence-corrected chi connectivity index (χ2v) is 10.6. The van der Waals surface area contributed by atoms with E-state index in [0.29, 0.717) is 24.7 Å². The maximum Gasteiger partial charge on any atom is 0.328 e. The Morgan fingerprint density at radius 2 is 1.88 bits per heavy atom. The molecule has 10 heteroatoms. The van der Waals surface area contributed by atoms with E-state index in [4.69, 9.17) is 19.7 Å². The minimum absolute atomic E-state index is 0.481. The van der Waals surface area contributed by atoms with Gasteiger partial charge in [0.25, 0.3) is 0 Å². The normalized spacial score (nSPS) is 13.5. The fourth-order valence-electron chi connectivity index (χ4n) is 4.73. The van der Waals surface area contributed by atoms with Crippen LogP contribution in [-0.2, 0) is 16.0 Å². The summed E-state index contributed by atoms with van der Waals surface area (Å²) in [6.45, 7) is 8.05. The number of nitrogens with one attached hydrogen (secondary N) is 1. The van der Waals surface area contributed by atoms with E-state index in [2.05, 4.69) is 65.5 Å². The van der Waals surface area contributed by atoms with E-state index in [-0.39, 0.29) is 0 Å². The molecule has 0 amide bonds. The molecule has 10 nitrogen and oxygen atoms in total. The first-order valence-electron chi connectivity index (χ1n) is 14.2. The summed E-state index contributed by atoms with van der Waals surface area (Å²) in [4.78, 5) is 25.0. The van der Waals surface area contributed by atoms with Crippen LogP contribution in [0.15, 0.2) is 79.3 Å². The summed E-state index contributed by atoms with van der Waals surface area (Å²) in [6, 6.07) is 14.3. The van der Waals surface area contributed by atoms with Gasteiger partial charge in [0.05, 0.1) is 19.9 Å². The minimum Gasteiger partial charge on any atom is -0.497 e. The van der Waals surface area contributed by atoms with Crippen LogP contribution in [0.25, 0.3) is 22.2 Å². The number of aromatic nitrogens is 3. The van der Waals surface area contributed by atoms with E-state index in [1.165, 1.54) is 22.1 Å². The molecule has 0 aliphatic carbocycles. The molecule has 0 bridgehead atoms.